The van der Waals surface area contributed by atoms with Crippen LogP contribution < -0.4 is 10.2 Å². The lowest BCUT2D eigenvalue weighted by Gasteiger charge is -2.20. The van der Waals surface area contributed by atoms with Crippen molar-refractivity contribution in [3.8, 4) is 0 Å². The fourth-order valence-electron chi connectivity index (χ4n) is 2.31. The van der Waals surface area contributed by atoms with Gasteiger partial charge in [0.1, 0.15) is 17.3 Å². The van der Waals surface area contributed by atoms with Crippen LogP contribution in [0.15, 0.2) is 24.3 Å². The zero-order valence-corrected chi connectivity index (χ0v) is 14.6. The van der Waals surface area contributed by atoms with Crippen molar-refractivity contribution in [1.82, 2.24) is 9.97 Å². The van der Waals surface area contributed by atoms with Gasteiger partial charge in [-0.25, -0.2) is 9.97 Å². The third-order valence-corrected chi connectivity index (χ3v) is 4.07. The summed E-state index contributed by atoms with van der Waals surface area (Å²) in [4.78, 5) is 23.3. The molecule has 0 aliphatic rings. The highest BCUT2D eigenvalue weighted by Gasteiger charge is 2.14. The quantitative estimate of drug-likeness (QED) is 0.903. The van der Waals surface area contributed by atoms with Gasteiger partial charge in [-0.1, -0.05) is 17.7 Å². The molecule has 0 aliphatic heterocycles. The molecule has 0 unspecified atom stereocenters. The highest BCUT2D eigenvalue weighted by Crippen LogP contribution is 2.23. The van der Waals surface area contributed by atoms with Crippen molar-refractivity contribution in [2.24, 2.45) is 0 Å². The van der Waals surface area contributed by atoms with Gasteiger partial charge in [0, 0.05) is 29.9 Å². The number of aromatic nitrogens is 2. The number of carbonyl (C=O) groups excluding carboxylic acids is 1. The molecule has 2 rings (SSSR count). The molecule has 0 atom stereocenters. The number of amides is 1. The predicted molar refractivity (Wildman–Crippen MR) is 94.5 cm³/mol. The van der Waals surface area contributed by atoms with E-state index in [1.807, 2.05) is 13.0 Å². The van der Waals surface area contributed by atoms with Crippen LogP contribution in [0.5, 0.6) is 0 Å². The molecule has 0 spiro atoms. The highest BCUT2D eigenvalue weighted by atomic mass is 35.5. The van der Waals surface area contributed by atoms with Gasteiger partial charge in [0.15, 0.2) is 0 Å². The summed E-state index contributed by atoms with van der Waals surface area (Å²) < 4.78 is 0. The monoisotopic (exact) mass is 332 g/mol. The molecule has 0 radical (unpaired) electrons. The van der Waals surface area contributed by atoms with Crippen LogP contribution in [0.1, 0.15) is 35.7 Å². The minimum absolute atomic E-state index is 0.269. The Hall–Kier alpha value is -2.14. The van der Waals surface area contributed by atoms with Crippen LogP contribution in [0, 0.1) is 13.8 Å². The maximum atomic E-state index is 12.5. The number of hydrogen-bond acceptors (Lipinski definition) is 4. The largest absolute Gasteiger partial charge is 0.357 e. The third-order valence-electron chi connectivity index (χ3n) is 3.66. The van der Waals surface area contributed by atoms with Gasteiger partial charge >= 0.3 is 0 Å². The van der Waals surface area contributed by atoms with Gasteiger partial charge in [0.2, 0.25) is 0 Å². The van der Waals surface area contributed by atoms with Gasteiger partial charge in [-0.15, -0.1) is 0 Å². The molecule has 1 amide bonds. The number of carbonyl (C=O) groups is 1. The molecule has 1 heterocycles. The second-order valence-corrected chi connectivity index (χ2v) is 5.60. The first-order chi connectivity index (χ1) is 11.0. The van der Waals surface area contributed by atoms with Crippen molar-refractivity contribution in [1.29, 1.82) is 0 Å². The lowest BCUT2D eigenvalue weighted by molar-refractivity contribution is 0.102. The van der Waals surface area contributed by atoms with E-state index in [2.05, 4.69) is 34.0 Å². The standard InChI is InChI=1S/C17H21ClN4O/c1-5-22(6-2)16-10-15(19-12(4)20-16)17(23)21-14-9-7-8-13(18)11(14)3/h7-10H,5-6H2,1-4H3,(H,21,23). The number of halogens is 1. The number of anilines is 2. The van der Waals surface area contributed by atoms with E-state index in [-0.39, 0.29) is 5.91 Å². The Labute approximate surface area is 141 Å². The average molecular weight is 333 g/mol. The van der Waals surface area contributed by atoms with Crippen molar-refractivity contribution >= 4 is 29.0 Å². The zero-order valence-electron chi connectivity index (χ0n) is 13.9. The molecular formula is C17H21ClN4O. The molecule has 23 heavy (non-hydrogen) atoms. The van der Waals surface area contributed by atoms with E-state index in [1.165, 1.54) is 0 Å². The van der Waals surface area contributed by atoms with E-state index >= 15 is 0 Å². The minimum atomic E-state index is -0.269. The average Bonchev–Trinajstić information content (AvgIpc) is 2.52. The van der Waals surface area contributed by atoms with Crippen LogP contribution >= 0.6 is 11.6 Å². The summed E-state index contributed by atoms with van der Waals surface area (Å²) in [5.74, 6) is 1.06. The summed E-state index contributed by atoms with van der Waals surface area (Å²) in [7, 11) is 0. The van der Waals surface area contributed by atoms with Gasteiger partial charge in [0.25, 0.3) is 5.91 Å². The van der Waals surface area contributed by atoms with Gasteiger partial charge in [-0.3, -0.25) is 4.79 Å². The number of benzene rings is 1. The summed E-state index contributed by atoms with van der Waals surface area (Å²) in [6.45, 7) is 9.40. The van der Waals surface area contributed by atoms with E-state index in [0.29, 0.717) is 22.2 Å². The van der Waals surface area contributed by atoms with Crippen molar-refractivity contribution < 1.29 is 4.79 Å². The van der Waals surface area contributed by atoms with Gasteiger partial charge in [-0.05, 0) is 45.4 Å². The molecule has 0 aliphatic carbocycles. The fourth-order valence-corrected chi connectivity index (χ4v) is 2.48. The number of aryl methyl sites for hydroxylation is 1. The second kappa shape index (κ2) is 7.42. The first kappa shape index (κ1) is 17.2. The van der Waals surface area contributed by atoms with E-state index in [9.17, 15) is 4.79 Å². The van der Waals surface area contributed by atoms with E-state index in [4.69, 9.17) is 11.6 Å². The van der Waals surface area contributed by atoms with Crippen molar-refractivity contribution in [2.45, 2.75) is 27.7 Å². The van der Waals surface area contributed by atoms with Gasteiger partial charge in [-0.2, -0.15) is 0 Å². The number of rotatable bonds is 5. The number of nitrogens with one attached hydrogen (secondary N) is 1. The van der Waals surface area contributed by atoms with E-state index in [0.717, 1.165) is 24.5 Å². The smallest absolute Gasteiger partial charge is 0.274 e. The molecule has 0 fully saturated rings. The van der Waals surface area contributed by atoms with E-state index in [1.54, 1.807) is 25.1 Å². The normalized spacial score (nSPS) is 10.5. The SMILES string of the molecule is CCN(CC)c1cc(C(=O)Nc2cccc(Cl)c2C)nc(C)n1. The summed E-state index contributed by atoms with van der Waals surface area (Å²) in [6, 6.07) is 7.13. The zero-order chi connectivity index (χ0) is 17.0. The Morgan fingerprint density at radius 2 is 1.91 bits per heavy atom. The Kier molecular flexibility index (Phi) is 5.55. The maximum Gasteiger partial charge on any atom is 0.274 e. The topological polar surface area (TPSA) is 58.1 Å². The molecule has 0 saturated carbocycles. The predicted octanol–water partition coefficient (Wildman–Crippen LogP) is 3.85. The summed E-state index contributed by atoms with van der Waals surface area (Å²) in [5.41, 5.74) is 1.86. The number of hydrogen-bond donors (Lipinski definition) is 1. The van der Waals surface area contributed by atoms with Crippen LogP contribution in [0.2, 0.25) is 5.02 Å². The third kappa shape index (κ3) is 3.99. The lowest BCUT2D eigenvalue weighted by Crippen LogP contribution is -2.25. The Morgan fingerprint density at radius 3 is 2.57 bits per heavy atom. The number of nitrogens with zero attached hydrogens (tertiary/aromatic N) is 3. The summed E-state index contributed by atoms with van der Waals surface area (Å²) in [5, 5.41) is 3.48. The van der Waals surface area contributed by atoms with Crippen LogP contribution in [0.3, 0.4) is 0 Å². The molecule has 2 aromatic rings. The first-order valence-electron chi connectivity index (χ1n) is 7.63. The van der Waals surface area contributed by atoms with Crippen LogP contribution in [0.25, 0.3) is 0 Å². The lowest BCUT2D eigenvalue weighted by atomic mass is 10.2. The minimum Gasteiger partial charge on any atom is -0.357 e. The molecule has 5 nitrogen and oxygen atoms in total. The second-order valence-electron chi connectivity index (χ2n) is 5.20. The molecule has 6 heteroatoms. The summed E-state index contributed by atoms with van der Waals surface area (Å²) >= 11 is 6.09. The first-order valence-corrected chi connectivity index (χ1v) is 8.01. The molecular weight excluding hydrogens is 312 g/mol. The molecule has 122 valence electrons. The highest BCUT2D eigenvalue weighted by molar-refractivity contribution is 6.31. The maximum absolute atomic E-state index is 12.5. The van der Waals surface area contributed by atoms with Crippen molar-refractivity contribution in [3.05, 3.63) is 46.4 Å². The van der Waals surface area contributed by atoms with Gasteiger partial charge < -0.3 is 10.2 Å². The van der Waals surface area contributed by atoms with Crippen LogP contribution in [-0.2, 0) is 0 Å². The van der Waals surface area contributed by atoms with Crippen LogP contribution in [0.4, 0.5) is 11.5 Å². The molecule has 1 aromatic heterocycles. The summed E-state index contributed by atoms with van der Waals surface area (Å²) in [6.07, 6.45) is 0. The van der Waals surface area contributed by atoms with Crippen LogP contribution in [-0.4, -0.2) is 29.0 Å². The molecule has 0 saturated heterocycles. The Balaban J connectivity index is 2.30. The molecule has 1 N–H and O–H groups in total. The molecule has 0 bridgehead atoms. The Bertz CT molecular complexity index is 714. The fraction of sp³-hybridized carbons (Fsp3) is 0.353. The Morgan fingerprint density at radius 1 is 1.22 bits per heavy atom. The van der Waals surface area contributed by atoms with Gasteiger partial charge in [0.05, 0.1) is 0 Å². The molecule has 1 aromatic carbocycles. The van der Waals surface area contributed by atoms with Crippen molar-refractivity contribution in [2.75, 3.05) is 23.3 Å². The van der Waals surface area contributed by atoms with Crippen molar-refractivity contribution in [3.63, 3.8) is 0 Å². The van der Waals surface area contributed by atoms with E-state index < -0.39 is 0 Å².